The Labute approximate surface area is 132 Å². The number of carbonyl (C=O) groups excluding carboxylic acids is 1. The Morgan fingerprint density at radius 1 is 1.27 bits per heavy atom. The van der Waals surface area contributed by atoms with Gasteiger partial charge in [0.25, 0.3) is 0 Å². The number of carbonyl (C=O) groups is 1. The highest BCUT2D eigenvalue weighted by Crippen LogP contribution is 2.17. The van der Waals surface area contributed by atoms with Crippen LogP contribution >= 0.6 is 0 Å². The fourth-order valence-electron chi connectivity index (χ4n) is 2.80. The Balaban J connectivity index is 1.69. The van der Waals surface area contributed by atoms with E-state index in [1.807, 2.05) is 6.92 Å². The molecule has 1 aromatic rings. The van der Waals surface area contributed by atoms with Crippen molar-refractivity contribution in [3.05, 3.63) is 29.8 Å². The number of nitrogens with one attached hydrogen (secondary N) is 1. The molecule has 0 saturated heterocycles. The molecule has 122 valence electrons. The lowest BCUT2D eigenvalue weighted by atomic mass is 9.95. The molecule has 0 aliphatic heterocycles. The maximum Gasteiger partial charge on any atom is 0.162 e. The summed E-state index contributed by atoms with van der Waals surface area (Å²) in [6, 6.07) is 7.65. The summed E-state index contributed by atoms with van der Waals surface area (Å²) in [6.45, 7) is 2.68. The van der Waals surface area contributed by atoms with Crippen molar-refractivity contribution >= 4 is 5.78 Å². The Bertz CT molecular complexity index is 452. The van der Waals surface area contributed by atoms with Crippen LogP contribution in [0.25, 0.3) is 0 Å². The van der Waals surface area contributed by atoms with Crippen LogP contribution in [-0.4, -0.2) is 36.2 Å². The van der Waals surface area contributed by atoms with Gasteiger partial charge in [-0.25, -0.2) is 0 Å². The predicted molar refractivity (Wildman–Crippen MR) is 87.4 cm³/mol. The number of aliphatic hydroxyl groups is 1. The Kier molecular flexibility index (Phi) is 6.87. The zero-order valence-electron chi connectivity index (χ0n) is 13.4. The van der Waals surface area contributed by atoms with Gasteiger partial charge in [-0.3, -0.25) is 4.79 Å². The lowest BCUT2D eigenvalue weighted by molar-refractivity contribution is 0.0985. The molecule has 0 radical (unpaired) electrons. The van der Waals surface area contributed by atoms with Crippen LogP contribution in [0.1, 0.15) is 55.8 Å². The molecule has 0 heterocycles. The SMILES string of the molecule is CCC(=O)c1ccc(OCC(O)CNC2CCCCC2)cc1. The van der Waals surface area contributed by atoms with Crippen molar-refractivity contribution in [2.24, 2.45) is 0 Å². The third kappa shape index (κ3) is 5.43. The van der Waals surface area contributed by atoms with Gasteiger partial charge in [0, 0.05) is 24.6 Å². The Hall–Kier alpha value is -1.39. The highest BCUT2D eigenvalue weighted by molar-refractivity contribution is 5.95. The average Bonchev–Trinajstić information content (AvgIpc) is 2.58. The van der Waals surface area contributed by atoms with E-state index in [0.29, 0.717) is 30.3 Å². The second kappa shape index (κ2) is 8.91. The zero-order chi connectivity index (χ0) is 15.8. The summed E-state index contributed by atoms with van der Waals surface area (Å²) < 4.78 is 5.57. The smallest absolute Gasteiger partial charge is 0.162 e. The van der Waals surface area contributed by atoms with Gasteiger partial charge in [0.15, 0.2) is 5.78 Å². The topological polar surface area (TPSA) is 58.6 Å². The van der Waals surface area contributed by atoms with Gasteiger partial charge in [0.05, 0.1) is 0 Å². The molecule has 0 spiro atoms. The number of ether oxygens (including phenoxy) is 1. The molecule has 1 unspecified atom stereocenters. The van der Waals surface area contributed by atoms with Gasteiger partial charge in [-0.05, 0) is 37.1 Å². The summed E-state index contributed by atoms with van der Waals surface area (Å²) in [6.07, 6.45) is 6.31. The molecular weight excluding hydrogens is 278 g/mol. The van der Waals surface area contributed by atoms with Gasteiger partial charge >= 0.3 is 0 Å². The van der Waals surface area contributed by atoms with E-state index in [1.54, 1.807) is 24.3 Å². The van der Waals surface area contributed by atoms with Crippen molar-refractivity contribution in [3.8, 4) is 5.75 Å². The number of hydrogen-bond donors (Lipinski definition) is 2. The number of rotatable bonds is 8. The number of Topliss-reactive ketones (excluding diaryl/α,β-unsaturated/α-hetero) is 1. The number of hydrogen-bond acceptors (Lipinski definition) is 4. The third-order valence-electron chi connectivity index (χ3n) is 4.19. The van der Waals surface area contributed by atoms with Crippen molar-refractivity contribution < 1.29 is 14.6 Å². The zero-order valence-corrected chi connectivity index (χ0v) is 13.4. The average molecular weight is 305 g/mol. The number of ketones is 1. The first kappa shape index (κ1) is 17.0. The molecule has 0 bridgehead atoms. The summed E-state index contributed by atoms with van der Waals surface area (Å²) in [5.74, 6) is 0.813. The van der Waals surface area contributed by atoms with E-state index < -0.39 is 6.10 Å². The molecule has 1 aromatic carbocycles. The van der Waals surface area contributed by atoms with E-state index in [-0.39, 0.29) is 12.4 Å². The van der Waals surface area contributed by atoms with Crippen LogP contribution < -0.4 is 10.1 Å². The van der Waals surface area contributed by atoms with Gasteiger partial charge in [0.1, 0.15) is 18.5 Å². The van der Waals surface area contributed by atoms with Crippen LogP contribution in [0.3, 0.4) is 0 Å². The molecule has 1 aliphatic rings. The molecule has 1 saturated carbocycles. The van der Waals surface area contributed by atoms with Gasteiger partial charge in [0.2, 0.25) is 0 Å². The van der Waals surface area contributed by atoms with Crippen LogP contribution in [0, 0.1) is 0 Å². The lowest BCUT2D eigenvalue weighted by Gasteiger charge is -2.24. The minimum Gasteiger partial charge on any atom is -0.491 e. The van der Waals surface area contributed by atoms with E-state index in [9.17, 15) is 9.90 Å². The van der Waals surface area contributed by atoms with Gasteiger partial charge in [-0.1, -0.05) is 26.2 Å². The van der Waals surface area contributed by atoms with E-state index in [4.69, 9.17) is 4.74 Å². The summed E-state index contributed by atoms with van der Waals surface area (Å²) in [5.41, 5.74) is 0.703. The summed E-state index contributed by atoms with van der Waals surface area (Å²) >= 11 is 0. The summed E-state index contributed by atoms with van der Waals surface area (Å²) in [4.78, 5) is 11.5. The number of benzene rings is 1. The van der Waals surface area contributed by atoms with E-state index in [0.717, 1.165) is 0 Å². The molecule has 22 heavy (non-hydrogen) atoms. The first-order chi connectivity index (χ1) is 10.7. The second-order valence-electron chi connectivity index (χ2n) is 6.01. The van der Waals surface area contributed by atoms with E-state index in [1.165, 1.54) is 32.1 Å². The van der Waals surface area contributed by atoms with Crippen LogP contribution in [0.5, 0.6) is 5.75 Å². The molecule has 4 heteroatoms. The van der Waals surface area contributed by atoms with Crippen LogP contribution in [0.4, 0.5) is 0 Å². The van der Waals surface area contributed by atoms with Crippen molar-refractivity contribution in [2.75, 3.05) is 13.2 Å². The molecule has 2 rings (SSSR count). The van der Waals surface area contributed by atoms with E-state index >= 15 is 0 Å². The quantitative estimate of drug-likeness (QED) is 0.725. The molecule has 1 aliphatic carbocycles. The second-order valence-corrected chi connectivity index (χ2v) is 6.01. The Morgan fingerprint density at radius 2 is 1.95 bits per heavy atom. The van der Waals surface area contributed by atoms with Crippen molar-refractivity contribution in [1.29, 1.82) is 0 Å². The summed E-state index contributed by atoms with van der Waals surface area (Å²) in [5, 5.41) is 13.4. The van der Waals surface area contributed by atoms with E-state index in [2.05, 4.69) is 5.32 Å². The molecule has 0 aromatic heterocycles. The fraction of sp³-hybridized carbons (Fsp3) is 0.611. The van der Waals surface area contributed by atoms with Crippen LogP contribution in [0.2, 0.25) is 0 Å². The predicted octanol–water partition coefficient (Wildman–Crippen LogP) is 2.94. The highest BCUT2D eigenvalue weighted by atomic mass is 16.5. The maximum atomic E-state index is 11.5. The molecule has 1 fully saturated rings. The first-order valence-electron chi connectivity index (χ1n) is 8.36. The monoisotopic (exact) mass is 305 g/mol. The lowest BCUT2D eigenvalue weighted by Crippen LogP contribution is -2.38. The number of aliphatic hydroxyl groups excluding tert-OH is 1. The molecule has 0 amide bonds. The third-order valence-corrected chi connectivity index (χ3v) is 4.19. The van der Waals surface area contributed by atoms with Crippen molar-refractivity contribution in [1.82, 2.24) is 5.32 Å². The van der Waals surface area contributed by atoms with Gasteiger partial charge in [-0.2, -0.15) is 0 Å². The minimum absolute atomic E-state index is 0.128. The molecule has 1 atom stereocenters. The first-order valence-corrected chi connectivity index (χ1v) is 8.36. The summed E-state index contributed by atoms with van der Waals surface area (Å²) in [7, 11) is 0. The normalized spacial score (nSPS) is 17.2. The Morgan fingerprint density at radius 3 is 2.59 bits per heavy atom. The molecule has 4 nitrogen and oxygen atoms in total. The van der Waals surface area contributed by atoms with Crippen molar-refractivity contribution in [2.45, 2.75) is 57.6 Å². The largest absolute Gasteiger partial charge is 0.491 e. The molecule has 2 N–H and O–H groups in total. The minimum atomic E-state index is -0.515. The van der Waals surface area contributed by atoms with Gasteiger partial charge in [-0.15, -0.1) is 0 Å². The van der Waals surface area contributed by atoms with Crippen LogP contribution in [0.15, 0.2) is 24.3 Å². The van der Waals surface area contributed by atoms with Crippen LogP contribution in [-0.2, 0) is 0 Å². The highest BCUT2D eigenvalue weighted by Gasteiger charge is 2.14. The van der Waals surface area contributed by atoms with Crippen molar-refractivity contribution in [3.63, 3.8) is 0 Å². The van der Waals surface area contributed by atoms with Gasteiger partial charge < -0.3 is 15.2 Å². The fourth-order valence-corrected chi connectivity index (χ4v) is 2.80. The molecular formula is C18H27NO3. The standard InChI is InChI=1S/C18H27NO3/c1-2-18(21)14-8-10-17(11-9-14)22-13-16(20)12-19-15-6-4-3-5-7-15/h8-11,15-16,19-20H,2-7,12-13H2,1H3. The maximum absolute atomic E-state index is 11.5.